The fourth-order valence-corrected chi connectivity index (χ4v) is 1.49. The van der Waals surface area contributed by atoms with E-state index in [2.05, 4.69) is 0 Å². The number of amides is 1. The lowest BCUT2D eigenvalue weighted by Crippen LogP contribution is -2.31. The van der Waals surface area contributed by atoms with Crippen LogP contribution in [0.1, 0.15) is 15.9 Å². The maximum absolute atomic E-state index is 11.8. The molecule has 0 radical (unpaired) electrons. The molecule has 0 spiro atoms. The lowest BCUT2D eigenvalue weighted by Gasteiger charge is -2.14. The van der Waals surface area contributed by atoms with Crippen molar-refractivity contribution in [3.63, 3.8) is 0 Å². The third-order valence-electron chi connectivity index (χ3n) is 2.36. The van der Waals surface area contributed by atoms with Crippen LogP contribution in [0.3, 0.4) is 0 Å². The summed E-state index contributed by atoms with van der Waals surface area (Å²) < 4.78 is 0. The molecule has 18 heavy (non-hydrogen) atoms. The topological polar surface area (TPSA) is 101 Å². The van der Waals surface area contributed by atoms with Gasteiger partial charge in [-0.15, -0.1) is 0 Å². The Kier molecular flexibility index (Phi) is 3.98. The molecule has 0 unspecified atom stereocenters. The molecule has 1 amide bonds. The van der Waals surface area contributed by atoms with E-state index in [0.29, 0.717) is 5.56 Å². The predicted molar refractivity (Wildman–Crippen MR) is 62.4 cm³/mol. The van der Waals surface area contributed by atoms with Crippen molar-refractivity contribution < 1.29 is 19.6 Å². The van der Waals surface area contributed by atoms with Crippen molar-refractivity contribution in [2.75, 3.05) is 13.6 Å². The van der Waals surface area contributed by atoms with Gasteiger partial charge in [-0.05, 0) is 19.1 Å². The van der Waals surface area contributed by atoms with Gasteiger partial charge in [-0.3, -0.25) is 19.7 Å². The average molecular weight is 252 g/mol. The number of nitro benzene ring substituents is 1. The summed E-state index contributed by atoms with van der Waals surface area (Å²) in [6, 6.07) is 3.92. The smallest absolute Gasteiger partial charge is 0.323 e. The number of aryl methyl sites for hydroxylation is 1. The number of carbonyl (C=O) groups is 2. The van der Waals surface area contributed by atoms with Crippen LogP contribution in [-0.4, -0.2) is 40.4 Å². The Bertz CT molecular complexity index is 512. The summed E-state index contributed by atoms with van der Waals surface area (Å²) in [5, 5.41) is 19.2. The molecule has 7 heteroatoms. The zero-order valence-corrected chi connectivity index (χ0v) is 9.91. The summed E-state index contributed by atoms with van der Waals surface area (Å²) in [7, 11) is 1.35. The van der Waals surface area contributed by atoms with Crippen LogP contribution in [0.25, 0.3) is 0 Å². The van der Waals surface area contributed by atoms with Gasteiger partial charge in [0.25, 0.3) is 11.6 Å². The van der Waals surface area contributed by atoms with Gasteiger partial charge in [0.15, 0.2) is 0 Å². The van der Waals surface area contributed by atoms with Crippen LogP contribution >= 0.6 is 0 Å². The minimum Gasteiger partial charge on any atom is -0.480 e. The summed E-state index contributed by atoms with van der Waals surface area (Å²) in [5.41, 5.74) is 0.504. The van der Waals surface area contributed by atoms with E-state index >= 15 is 0 Å². The number of nitro groups is 1. The Hall–Kier alpha value is -2.44. The highest BCUT2D eigenvalue weighted by Crippen LogP contribution is 2.19. The van der Waals surface area contributed by atoms with E-state index < -0.39 is 23.3 Å². The molecule has 0 atom stereocenters. The summed E-state index contributed by atoms with van der Waals surface area (Å²) in [6.45, 7) is 1.10. The quantitative estimate of drug-likeness (QED) is 0.637. The number of hydrogen-bond acceptors (Lipinski definition) is 4. The number of carbonyl (C=O) groups excluding carboxylic acids is 1. The Morgan fingerprint density at radius 3 is 2.50 bits per heavy atom. The molecular weight excluding hydrogens is 240 g/mol. The molecule has 7 nitrogen and oxygen atoms in total. The number of benzene rings is 1. The van der Waals surface area contributed by atoms with E-state index in [1.54, 1.807) is 0 Å². The third kappa shape index (κ3) is 3.03. The molecule has 0 saturated carbocycles. The first kappa shape index (κ1) is 13.6. The summed E-state index contributed by atoms with van der Waals surface area (Å²) in [4.78, 5) is 33.4. The minimum atomic E-state index is -1.12. The van der Waals surface area contributed by atoms with Gasteiger partial charge in [-0.1, -0.05) is 0 Å². The molecule has 96 valence electrons. The molecule has 0 heterocycles. The van der Waals surface area contributed by atoms with Crippen molar-refractivity contribution in [3.05, 3.63) is 39.4 Å². The maximum Gasteiger partial charge on any atom is 0.323 e. The van der Waals surface area contributed by atoms with E-state index in [0.717, 1.165) is 4.90 Å². The first-order valence-corrected chi connectivity index (χ1v) is 5.05. The van der Waals surface area contributed by atoms with Gasteiger partial charge >= 0.3 is 5.97 Å². The number of rotatable bonds is 4. The van der Waals surface area contributed by atoms with Crippen LogP contribution in [0.2, 0.25) is 0 Å². The van der Waals surface area contributed by atoms with Gasteiger partial charge in [0.2, 0.25) is 0 Å². The average Bonchev–Trinajstić information content (AvgIpc) is 2.26. The number of carboxylic acid groups (broad SMARTS) is 1. The Balaban J connectivity index is 2.98. The Labute approximate surface area is 103 Å². The molecule has 0 aromatic heterocycles. The van der Waals surface area contributed by atoms with Crippen molar-refractivity contribution in [1.82, 2.24) is 4.90 Å². The van der Waals surface area contributed by atoms with Crippen molar-refractivity contribution in [2.24, 2.45) is 0 Å². The highest BCUT2D eigenvalue weighted by atomic mass is 16.6. The normalized spacial score (nSPS) is 9.89. The molecule has 1 rings (SSSR count). The van der Waals surface area contributed by atoms with Crippen molar-refractivity contribution >= 4 is 17.6 Å². The lowest BCUT2D eigenvalue weighted by atomic mass is 10.1. The monoisotopic (exact) mass is 252 g/mol. The fraction of sp³-hybridized carbons (Fsp3) is 0.273. The van der Waals surface area contributed by atoms with E-state index in [-0.39, 0.29) is 11.3 Å². The van der Waals surface area contributed by atoms with Crippen molar-refractivity contribution in [2.45, 2.75) is 6.92 Å². The first-order valence-electron chi connectivity index (χ1n) is 5.05. The van der Waals surface area contributed by atoms with Crippen LogP contribution in [0.15, 0.2) is 18.2 Å². The molecule has 0 bridgehead atoms. The third-order valence-corrected chi connectivity index (χ3v) is 2.36. The zero-order chi connectivity index (χ0) is 13.9. The number of aliphatic carboxylic acids is 1. The highest BCUT2D eigenvalue weighted by molar-refractivity contribution is 5.96. The van der Waals surface area contributed by atoms with Gasteiger partial charge in [0.1, 0.15) is 6.54 Å². The first-order chi connectivity index (χ1) is 8.32. The molecule has 0 fully saturated rings. The van der Waals surface area contributed by atoms with E-state index in [4.69, 9.17) is 5.11 Å². The van der Waals surface area contributed by atoms with E-state index in [9.17, 15) is 19.7 Å². The second-order valence-electron chi connectivity index (χ2n) is 3.81. The van der Waals surface area contributed by atoms with E-state index in [1.165, 1.54) is 32.2 Å². The summed E-state index contributed by atoms with van der Waals surface area (Å²) in [5.74, 6) is -1.61. The maximum atomic E-state index is 11.8. The fourth-order valence-electron chi connectivity index (χ4n) is 1.49. The standard InChI is InChI=1S/C11H12N2O5/c1-7-5-8(3-4-9(7)13(17)18)11(16)12(2)6-10(14)15/h3-5H,6H2,1-2H3,(H,14,15). The second kappa shape index (κ2) is 5.26. The van der Waals surface area contributed by atoms with Crippen LogP contribution in [0, 0.1) is 17.0 Å². The highest BCUT2D eigenvalue weighted by Gasteiger charge is 2.17. The van der Waals surface area contributed by atoms with Gasteiger partial charge in [-0.2, -0.15) is 0 Å². The molecule has 1 aromatic rings. The van der Waals surface area contributed by atoms with Crippen molar-refractivity contribution in [3.8, 4) is 0 Å². The van der Waals surface area contributed by atoms with Crippen LogP contribution < -0.4 is 0 Å². The molecule has 0 aliphatic rings. The number of nitrogens with zero attached hydrogens (tertiary/aromatic N) is 2. The Morgan fingerprint density at radius 1 is 1.44 bits per heavy atom. The molecule has 0 saturated heterocycles. The number of carboxylic acids is 1. The SMILES string of the molecule is Cc1cc(C(=O)N(C)CC(=O)O)ccc1[N+](=O)[O-]. The van der Waals surface area contributed by atoms with Gasteiger partial charge in [0, 0.05) is 24.2 Å². The summed E-state index contributed by atoms with van der Waals surface area (Å²) in [6.07, 6.45) is 0. The predicted octanol–water partition coefficient (Wildman–Crippen LogP) is 1.06. The number of hydrogen-bond donors (Lipinski definition) is 1. The lowest BCUT2D eigenvalue weighted by molar-refractivity contribution is -0.385. The van der Waals surface area contributed by atoms with Gasteiger partial charge in [-0.25, -0.2) is 0 Å². The van der Waals surface area contributed by atoms with Crippen molar-refractivity contribution in [1.29, 1.82) is 0 Å². The van der Waals surface area contributed by atoms with Gasteiger partial charge in [0.05, 0.1) is 4.92 Å². The van der Waals surface area contributed by atoms with Gasteiger partial charge < -0.3 is 10.0 Å². The summed E-state index contributed by atoms with van der Waals surface area (Å²) >= 11 is 0. The largest absolute Gasteiger partial charge is 0.480 e. The molecule has 0 aliphatic heterocycles. The Morgan fingerprint density at radius 2 is 2.06 bits per heavy atom. The minimum absolute atomic E-state index is 0.0764. The second-order valence-corrected chi connectivity index (χ2v) is 3.81. The molecule has 1 N–H and O–H groups in total. The molecule has 0 aliphatic carbocycles. The van der Waals surface area contributed by atoms with Crippen LogP contribution in [0.5, 0.6) is 0 Å². The van der Waals surface area contributed by atoms with Crippen LogP contribution in [-0.2, 0) is 4.79 Å². The zero-order valence-electron chi connectivity index (χ0n) is 9.91. The van der Waals surface area contributed by atoms with E-state index in [1.807, 2.05) is 0 Å². The molecule has 1 aromatic carbocycles. The number of likely N-dealkylation sites (N-methyl/N-ethyl adjacent to an activating group) is 1. The van der Waals surface area contributed by atoms with Crippen LogP contribution in [0.4, 0.5) is 5.69 Å². The molecular formula is C11H12N2O5.